The van der Waals surface area contributed by atoms with Gasteiger partial charge in [-0.25, -0.2) is 5.01 Å². The highest BCUT2D eigenvalue weighted by Crippen LogP contribution is 2.05. The Bertz CT molecular complexity index is 268. The van der Waals surface area contributed by atoms with E-state index in [9.17, 15) is 4.79 Å². The summed E-state index contributed by atoms with van der Waals surface area (Å²) in [5.74, 6) is -0.172. The van der Waals surface area contributed by atoms with Gasteiger partial charge in [-0.05, 0) is 6.08 Å². The van der Waals surface area contributed by atoms with E-state index in [0.29, 0.717) is 0 Å². The smallest absolute Gasteiger partial charge is 0.270 e. The SMILES string of the molecule is O=C1CN2N=CC=CN2C=N1. The first-order valence-corrected chi connectivity index (χ1v) is 3.20. The average Bonchev–Trinajstić information content (AvgIpc) is 2.04. The normalized spacial score (nSPS) is 20.9. The molecule has 0 N–H and O–H groups in total. The van der Waals surface area contributed by atoms with Crippen molar-refractivity contribution in [1.82, 2.24) is 10.1 Å². The van der Waals surface area contributed by atoms with E-state index in [1.54, 1.807) is 23.5 Å². The first kappa shape index (κ1) is 6.09. The summed E-state index contributed by atoms with van der Waals surface area (Å²) in [5.41, 5.74) is 0. The number of hydrogen-bond acceptors (Lipinski definition) is 4. The highest BCUT2D eigenvalue weighted by molar-refractivity contribution is 5.88. The second-order valence-corrected chi connectivity index (χ2v) is 2.15. The van der Waals surface area contributed by atoms with E-state index >= 15 is 0 Å². The Morgan fingerprint density at radius 2 is 2.45 bits per heavy atom. The van der Waals surface area contributed by atoms with Gasteiger partial charge >= 0.3 is 0 Å². The van der Waals surface area contributed by atoms with E-state index in [-0.39, 0.29) is 12.5 Å². The second-order valence-electron chi connectivity index (χ2n) is 2.15. The lowest BCUT2D eigenvalue weighted by Gasteiger charge is -2.30. The zero-order chi connectivity index (χ0) is 7.68. The first-order valence-electron chi connectivity index (χ1n) is 3.20. The Balaban J connectivity index is 2.26. The maximum atomic E-state index is 10.8. The van der Waals surface area contributed by atoms with Crippen molar-refractivity contribution in [2.45, 2.75) is 0 Å². The summed E-state index contributed by atoms with van der Waals surface area (Å²) in [4.78, 5) is 14.4. The second kappa shape index (κ2) is 2.19. The topological polar surface area (TPSA) is 48.3 Å². The number of hydrazine groups is 1. The monoisotopic (exact) mass is 150 g/mol. The number of hydrazone groups is 1. The summed E-state index contributed by atoms with van der Waals surface area (Å²) in [6, 6.07) is 0. The fourth-order valence-corrected chi connectivity index (χ4v) is 0.885. The van der Waals surface area contributed by atoms with Crippen LogP contribution < -0.4 is 0 Å². The van der Waals surface area contributed by atoms with Crippen LogP contribution in [0.15, 0.2) is 22.4 Å². The fourth-order valence-electron chi connectivity index (χ4n) is 0.885. The minimum absolute atomic E-state index is 0.172. The largest absolute Gasteiger partial charge is 0.270 e. The standard InChI is InChI=1S/C6H6N4O/c11-6-4-10-8-2-1-3-9(10)5-7-6/h1-3,5H,4H2. The Hall–Kier alpha value is -1.65. The van der Waals surface area contributed by atoms with Crippen LogP contribution in [0.25, 0.3) is 0 Å². The predicted molar refractivity (Wildman–Crippen MR) is 39.7 cm³/mol. The highest BCUT2D eigenvalue weighted by atomic mass is 16.2. The van der Waals surface area contributed by atoms with Gasteiger partial charge in [-0.1, -0.05) is 0 Å². The quantitative estimate of drug-likeness (QED) is 0.471. The molecule has 0 saturated carbocycles. The maximum absolute atomic E-state index is 10.8. The third-order valence-corrected chi connectivity index (χ3v) is 1.39. The summed E-state index contributed by atoms with van der Waals surface area (Å²) in [7, 11) is 0. The lowest BCUT2D eigenvalue weighted by atomic mass is 10.5. The molecule has 5 heteroatoms. The van der Waals surface area contributed by atoms with Gasteiger partial charge in [-0.2, -0.15) is 15.2 Å². The molecule has 0 aromatic carbocycles. The highest BCUT2D eigenvalue weighted by Gasteiger charge is 2.17. The Morgan fingerprint density at radius 1 is 1.55 bits per heavy atom. The number of hydrogen-bond donors (Lipinski definition) is 0. The molecule has 0 aliphatic carbocycles. The molecule has 2 heterocycles. The number of rotatable bonds is 0. The van der Waals surface area contributed by atoms with E-state index in [1.807, 2.05) is 0 Å². The minimum atomic E-state index is -0.172. The summed E-state index contributed by atoms with van der Waals surface area (Å²) in [5, 5.41) is 7.13. The molecule has 1 amide bonds. The number of aliphatic imine (C=N–C) groups is 1. The van der Waals surface area contributed by atoms with Gasteiger partial charge in [0.15, 0.2) is 0 Å². The van der Waals surface area contributed by atoms with E-state index in [2.05, 4.69) is 10.1 Å². The van der Waals surface area contributed by atoms with Crippen LogP contribution in [0.5, 0.6) is 0 Å². The molecule has 0 fully saturated rings. The van der Waals surface area contributed by atoms with Gasteiger partial charge in [0.2, 0.25) is 0 Å². The van der Waals surface area contributed by atoms with Crippen LogP contribution in [0.2, 0.25) is 0 Å². The zero-order valence-corrected chi connectivity index (χ0v) is 5.71. The van der Waals surface area contributed by atoms with Crippen molar-refractivity contribution < 1.29 is 4.79 Å². The molecule has 0 aromatic heterocycles. The molecule has 0 radical (unpaired) electrons. The summed E-state index contributed by atoms with van der Waals surface area (Å²) < 4.78 is 0. The van der Waals surface area contributed by atoms with Crippen molar-refractivity contribution in [1.29, 1.82) is 0 Å². The summed E-state index contributed by atoms with van der Waals surface area (Å²) in [6.45, 7) is 0.220. The van der Waals surface area contributed by atoms with Crippen molar-refractivity contribution >= 4 is 18.5 Å². The maximum Gasteiger partial charge on any atom is 0.270 e. The van der Waals surface area contributed by atoms with Gasteiger partial charge in [-0.15, -0.1) is 0 Å². The number of allylic oxidation sites excluding steroid dienone is 1. The van der Waals surface area contributed by atoms with Crippen LogP contribution in [0.1, 0.15) is 0 Å². The Kier molecular flexibility index (Phi) is 1.21. The van der Waals surface area contributed by atoms with E-state index in [4.69, 9.17) is 0 Å². The molecule has 0 bridgehead atoms. The molecule has 0 atom stereocenters. The molecule has 11 heavy (non-hydrogen) atoms. The number of carbonyl (C=O) groups is 1. The molecule has 2 aliphatic rings. The zero-order valence-electron chi connectivity index (χ0n) is 5.71. The summed E-state index contributed by atoms with van der Waals surface area (Å²) in [6.07, 6.45) is 6.63. The molecule has 0 unspecified atom stereocenters. The number of carbonyl (C=O) groups excluding carboxylic acids is 1. The van der Waals surface area contributed by atoms with Gasteiger partial charge < -0.3 is 0 Å². The van der Waals surface area contributed by atoms with E-state index in [0.717, 1.165) is 0 Å². The molecule has 2 rings (SSSR count). The van der Waals surface area contributed by atoms with Crippen LogP contribution in [-0.2, 0) is 4.79 Å². The van der Waals surface area contributed by atoms with Gasteiger partial charge in [0.25, 0.3) is 5.91 Å². The van der Waals surface area contributed by atoms with Crippen LogP contribution >= 0.6 is 0 Å². The van der Waals surface area contributed by atoms with Gasteiger partial charge in [0.1, 0.15) is 12.9 Å². The molecule has 56 valence electrons. The molecule has 2 aliphatic heterocycles. The van der Waals surface area contributed by atoms with Crippen LogP contribution in [0.4, 0.5) is 0 Å². The first-order chi connectivity index (χ1) is 5.36. The lowest BCUT2D eigenvalue weighted by Crippen LogP contribution is -2.42. The molecule has 5 nitrogen and oxygen atoms in total. The van der Waals surface area contributed by atoms with Crippen molar-refractivity contribution in [3.63, 3.8) is 0 Å². The molecular weight excluding hydrogens is 144 g/mol. The Morgan fingerprint density at radius 3 is 3.36 bits per heavy atom. The van der Waals surface area contributed by atoms with Crippen molar-refractivity contribution in [2.75, 3.05) is 6.54 Å². The van der Waals surface area contributed by atoms with Crippen molar-refractivity contribution in [2.24, 2.45) is 10.1 Å². The van der Waals surface area contributed by atoms with Gasteiger partial charge in [0, 0.05) is 6.20 Å². The average molecular weight is 150 g/mol. The van der Waals surface area contributed by atoms with Crippen molar-refractivity contribution in [3.05, 3.63) is 12.3 Å². The van der Waals surface area contributed by atoms with Crippen LogP contribution in [-0.4, -0.2) is 35.1 Å². The van der Waals surface area contributed by atoms with Gasteiger partial charge in [-0.3, -0.25) is 4.79 Å². The number of amides is 1. The van der Waals surface area contributed by atoms with Crippen LogP contribution in [0.3, 0.4) is 0 Å². The van der Waals surface area contributed by atoms with E-state index < -0.39 is 0 Å². The van der Waals surface area contributed by atoms with E-state index in [1.165, 1.54) is 11.5 Å². The van der Waals surface area contributed by atoms with Crippen molar-refractivity contribution in [3.8, 4) is 0 Å². The minimum Gasteiger partial charge on any atom is -0.270 e. The molecule has 0 spiro atoms. The predicted octanol–water partition coefficient (Wildman–Crippen LogP) is -0.413. The lowest BCUT2D eigenvalue weighted by molar-refractivity contribution is -0.122. The third kappa shape index (κ3) is 1.000. The number of nitrogens with zero attached hydrogens (tertiary/aromatic N) is 4. The fraction of sp³-hybridized carbons (Fsp3) is 0.167. The third-order valence-electron chi connectivity index (χ3n) is 1.39. The van der Waals surface area contributed by atoms with Crippen LogP contribution in [0, 0.1) is 0 Å². The summed E-state index contributed by atoms with van der Waals surface area (Å²) >= 11 is 0. The molecular formula is C6H6N4O. The number of fused-ring (bicyclic) bond motifs is 1. The molecule has 0 saturated heterocycles. The molecule has 0 aromatic rings. The Labute approximate surface area is 63.3 Å². The van der Waals surface area contributed by atoms with Gasteiger partial charge in [0.05, 0.1) is 6.21 Å².